The van der Waals surface area contributed by atoms with Gasteiger partial charge < -0.3 is 5.32 Å². The minimum absolute atomic E-state index is 1.11. The summed E-state index contributed by atoms with van der Waals surface area (Å²) in [6.45, 7) is 6.70. The Morgan fingerprint density at radius 3 is 2.60 bits per heavy atom. The van der Waals surface area contributed by atoms with E-state index in [9.17, 15) is 0 Å². The Hall–Kier alpha value is -0.820. The molecule has 1 rings (SSSR count). The van der Waals surface area contributed by atoms with Crippen molar-refractivity contribution >= 4 is 0 Å². The van der Waals surface area contributed by atoms with Crippen LogP contribution in [0.3, 0.4) is 0 Å². The second kappa shape index (κ2) is 7.47. The van der Waals surface area contributed by atoms with Crippen LogP contribution in [0.5, 0.6) is 0 Å². The predicted molar refractivity (Wildman–Crippen MR) is 67.3 cm³/mol. The maximum absolute atomic E-state index is 3.50. The van der Waals surface area contributed by atoms with Crippen LogP contribution in [0.2, 0.25) is 0 Å². The van der Waals surface area contributed by atoms with E-state index < -0.39 is 0 Å². The topological polar surface area (TPSA) is 12.0 Å². The van der Waals surface area contributed by atoms with Gasteiger partial charge in [0.2, 0.25) is 0 Å². The molecule has 0 heterocycles. The number of aryl methyl sites for hydroxylation is 1. The molecular formula is C14H23N. The van der Waals surface area contributed by atoms with Crippen molar-refractivity contribution < 1.29 is 0 Å². The fraction of sp³-hybridized carbons (Fsp3) is 0.571. The first-order chi connectivity index (χ1) is 7.34. The Morgan fingerprint density at radius 1 is 1.07 bits per heavy atom. The van der Waals surface area contributed by atoms with Gasteiger partial charge in [0.15, 0.2) is 0 Å². The summed E-state index contributed by atoms with van der Waals surface area (Å²) in [5, 5.41) is 3.50. The molecule has 84 valence electrons. The average Bonchev–Trinajstić information content (AvgIpc) is 2.25. The molecule has 0 fully saturated rings. The lowest BCUT2D eigenvalue weighted by molar-refractivity contribution is 0.616. The highest BCUT2D eigenvalue weighted by Crippen LogP contribution is 2.06. The van der Waals surface area contributed by atoms with Crippen molar-refractivity contribution in [3.8, 4) is 0 Å². The minimum atomic E-state index is 1.11. The molecule has 0 spiro atoms. The summed E-state index contributed by atoms with van der Waals surface area (Å²) in [6, 6.07) is 8.64. The van der Waals surface area contributed by atoms with Crippen molar-refractivity contribution in [2.45, 2.75) is 39.5 Å². The first kappa shape index (κ1) is 12.3. The van der Waals surface area contributed by atoms with Gasteiger partial charge in [-0.15, -0.1) is 0 Å². The number of benzene rings is 1. The van der Waals surface area contributed by atoms with Gasteiger partial charge in [0, 0.05) is 0 Å². The van der Waals surface area contributed by atoms with E-state index in [-0.39, 0.29) is 0 Å². The Morgan fingerprint density at radius 2 is 1.87 bits per heavy atom. The molecule has 0 amide bonds. The van der Waals surface area contributed by atoms with Gasteiger partial charge >= 0.3 is 0 Å². The first-order valence-electron chi connectivity index (χ1n) is 6.10. The molecule has 0 radical (unpaired) electrons. The quantitative estimate of drug-likeness (QED) is 0.673. The van der Waals surface area contributed by atoms with Crippen LogP contribution in [0.25, 0.3) is 0 Å². The summed E-state index contributed by atoms with van der Waals surface area (Å²) in [5.74, 6) is 0. The van der Waals surface area contributed by atoms with Crippen LogP contribution in [-0.4, -0.2) is 13.1 Å². The lowest BCUT2D eigenvalue weighted by atomic mass is 10.1. The van der Waals surface area contributed by atoms with Gasteiger partial charge in [-0.3, -0.25) is 0 Å². The fourth-order valence-electron chi connectivity index (χ4n) is 1.74. The van der Waals surface area contributed by atoms with Gasteiger partial charge in [-0.05, 0) is 44.0 Å². The number of unbranched alkanes of at least 4 members (excludes halogenated alkanes) is 2. The Kier molecular flexibility index (Phi) is 6.10. The Labute approximate surface area is 93.9 Å². The number of nitrogens with one attached hydrogen (secondary N) is 1. The van der Waals surface area contributed by atoms with Gasteiger partial charge in [0.05, 0.1) is 0 Å². The molecule has 0 saturated carbocycles. The number of hydrogen-bond acceptors (Lipinski definition) is 1. The zero-order chi connectivity index (χ0) is 10.9. The van der Waals surface area contributed by atoms with Crippen molar-refractivity contribution in [3.63, 3.8) is 0 Å². The molecule has 0 saturated heterocycles. The van der Waals surface area contributed by atoms with E-state index in [4.69, 9.17) is 0 Å². The molecule has 1 nitrogen and oxygen atoms in total. The number of rotatable bonds is 7. The lowest BCUT2D eigenvalue weighted by Crippen LogP contribution is -2.18. The van der Waals surface area contributed by atoms with Crippen molar-refractivity contribution in [3.05, 3.63) is 35.4 Å². The molecule has 0 unspecified atom stereocenters. The highest BCUT2D eigenvalue weighted by atomic mass is 14.8. The van der Waals surface area contributed by atoms with Crippen molar-refractivity contribution in [2.75, 3.05) is 13.1 Å². The van der Waals surface area contributed by atoms with Crippen LogP contribution in [0.15, 0.2) is 24.3 Å². The summed E-state index contributed by atoms with van der Waals surface area (Å²) in [4.78, 5) is 0. The molecule has 1 heteroatoms. The van der Waals surface area contributed by atoms with E-state index in [0.29, 0.717) is 0 Å². The largest absolute Gasteiger partial charge is 0.316 e. The lowest BCUT2D eigenvalue weighted by Gasteiger charge is -2.06. The van der Waals surface area contributed by atoms with Gasteiger partial charge in [-0.2, -0.15) is 0 Å². The van der Waals surface area contributed by atoms with Crippen molar-refractivity contribution in [2.24, 2.45) is 0 Å². The molecule has 1 N–H and O–H groups in total. The van der Waals surface area contributed by atoms with Gasteiger partial charge in [0.25, 0.3) is 0 Å². The van der Waals surface area contributed by atoms with Crippen LogP contribution < -0.4 is 5.32 Å². The minimum Gasteiger partial charge on any atom is -0.316 e. The standard InChI is InChI=1S/C14H23N/c1-3-4-7-11-15-12-10-14-9-6-5-8-13(14)2/h5-6,8-9,15H,3-4,7,10-12H2,1-2H3. The first-order valence-corrected chi connectivity index (χ1v) is 6.10. The molecule has 0 aliphatic rings. The molecule has 0 atom stereocenters. The highest BCUT2D eigenvalue weighted by Gasteiger charge is 1.95. The second-order valence-electron chi connectivity index (χ2n) is 4.13. The van der Waals surface area contributed by atoms with E-state index in [0.717, 1.165) is 13.0 Å². The van der Waals surface area contributed by atoms with Crippen LogP contribution in [0, 0.1) is 6.92 Å². The Bertz CT molecular complexity index is 268. The van der Waals surface area contributed by atoms with Gasteiger partial charge in [-0.25, -0.2) is 0 Å². The van der Waals surface area contributed by atoms with Crippen LogP contribution in [0.4, 0.5) is 0 Å². The van der Waals surface area contributed by atoms with Crippen molar-refractivity contribution in [1.82, 2.24) is 5.32 Å². The summed E-state index contributed by atoms with van der Waals surface area (Å²) >= 11 is 0. The molecule has 0 aromatic heterocycles. The Balaban J connectivity index is 2.12. The van der Waals surface area contributed by atoms with E-state index in [1.807, 2.05) is 0 Å². The van der Waals surface area contributed by atoms with Crippen molar-refractivity contribution in [1.29, 1.82) is 0 Å². The second-order valence-corrected chi connectivity index (χ2v) is 4.13. The number of hydrogen-bond donors (Lipinski definition) is 1. The maximum Gasteiger partial charge on any atom is -0.000825 e. The van der Waals surface area contributed by atoms with Crippen LogP contribution in [0.1, 0.15) is 37.3 Å². The maximum atomic E-state index is 3.50. The van der Waals surface area contributed by atoms with E-state index in [1.165, 1.54) is 36.9 Å². The molecular weight excluding hydrogens is 182 g/mol. The highest BCUT2D eigenvalue weighted by molar-refractivity contribution is 5.25. The SMILES string of the molecule is CCCCCNCCc1ccccc1C. The molecule has 1 aromatic carbocycles. The normalized spacial score (nSPS) is 10.5. The summed E-state index contributed by atoms with van der Waals surface area (Å²) in [5.41, 5.74) is 2.88. The van der Waals surface area contributed by atoms with Crippen LogP contribution >= 0.6 is 0 Å². The zero-order valence-corrected chi connectivity index (χ0v) is 10.1. The summed E-state index contributed by atoms with van der Waals surface area (Å²) < 4.78 is 0. The molecule has 0 aliphatic carbocycles. The summed E-state index contributed by atoms with van der Waals surface area (Å²) in [7, 11) is 0. The molecule has 1 aromatic rings. The van der Waals surface area contributed by atoms with Crippen LogP contribution in [-0.2, 0) is 6.42 Å². The third kappa shape index (κ3) is 4.98. The van der Waals surface area contributed by atoms with E-state index in [1.54, 1.807) is 0 Å². The predicted octanol–water partition coefficient (Wildman–Crippen LogP) is 3.32. The van der Waals surface area contributed by atoms with E-state index >= 15 is 0 Å². The summed E-state index contributed by atoms with van der Waals surface area (Å²) in [6.07, 6.45) is 5.11. The van der Waals surface area contributed by atoms with E-state index in [2.05, 4.69) is 43.4 Å². The molecule has 0 bridgehead atoms. The third-order valence-corrected chi connectivity index (χ3v) is 2.79. The zero-order valence-electron chi connectivity index (χ0n) is 10.1. The van der Waals surface area contributed by atoms with Gasteiger partial charge in [-0.1, -0.05) is 44.0 Å². The molecule has 15 heavy (non-hydrogen) atoms. The van der Waals surface area contributed by atoms with Gasteiger partial charge in [0.1, 0.15) is 0 Å². The fourth-order valence-corrected chi connectivity index (χ4v) is 1.74. The smallest absolute Gasteiger partial charge is 0.000825 e. The third-order valence-electron chi connectivity index (χ3n) is 2.79. The average molecular weight is 205 g/mol. The monoisotopic (exact) mass is 205 g/mol. The molecule has 0 aliphatic heterocycles.